The number of hydrogen-bond acceptors (Lipinski definition) is 2. The summed E-state index contributed by atoms with van der Waals surface area (Å²) >= 11 is 0. The molecule has 0 aliphatic heterocycles. The maximum atomic E-state index is 12.4. The number of carbonyl (C=O) groups excluding carboxylic acids is 1. The van der Waals surface area contributed by atoms with E-state index in [0.717, 1.165) is 33.3 Å². The summed E-state index contributed by atoms with van der Waals surface area (Å²) in [7, 11) is 0. The van der Waals surface area contributed by atoms with Gasteiger partial charge >= 0.3 is 0 Å². The highest BCUT2D eigenvalue weighted by Crippen LogP contribution is 2.31. The van der Waals surface area contributed by atoms with Crippen molar-refractivity contribution in [2.24, 2.45) is 16.5 Å². The number of nitrogens with two attached hydrogens (primary N) is 2. The fraction of sp³-hybridized carbons (Fsp3) is 0.0417. The van der Waals surface area contributed by atoms with Gasteiger partial charge in [-0.2, -0.15) is 10.3 Å². The molecule has 4 N–H and O–H groups in total. The molecule has 0 spiro atoms. The topological polar surface area (TPSA) is 110 Å². The predicted octanol–water partition coefficient (Wildman–Crippen LogP) is 3.65. The van der Waals surface area contributed by atoms with Crippen molar-refractivity contribution in [1.82, 2.24) is 4.57 Å². The van der Waals surface area contributed by atoms with Crippen LogP contribution in [0.2, 0.25) is 0 Å². The molecule has 0 atom stereocenters. The summed E-state index contributed by atoms with van der Waals surface area (Å²) in [4.78, 5) is 16.1. The highest BCUT2D eigenvalue weighted by Gasteiger charge is 2.15. The Morgan fingerprint density at radius 2 is 1.57 bits per heavy atom. The molecule has 0 aliphatic rings. The quantitative estimate of drug-likeness (QED) is 0.407. The minimum absolute atomic E-state index is 0.0286. The number of benzene rings is 3. The van der Waals surface area contributed by atoms with Crippen LogP contribution < -0.4 is 11.5 Å². The molecule has 4 rings (SSSR count). The molecule has 0 saturated carbocycles. The Balaban J connectivity index is 1.87. The maximum Gasteiger partial charge on any atom is 0.268 e. The van der Waals surface area contributed by atoms with E-state index in [2.05, 4.69) is 29.3 Å². The van der Waals surface area contributed by atoms with Crippen molar-refractivity contribution in [3.05, 3.63) is 84.4 Å². The van der Waals surface area contributed by atoms with Gasteiger partial charge in [-0.05, 0) is 52.2 Å². The number of hydrogen-bond donors (Lipinski definition) is 2. The lowest BCUT2D eigenvalue weighted by molar-refractivity contribution is -0.118. The Morgan fingerprint density at radius 1 is 0.867 bits per heavy atom. The van der Waals surface area contributed by atoms with Crippen LogP contribution in [0.3, 0.4) is 0 Å². The van der Waals surface area contributed by atoms with Crippen LogP contribution in [0.25, 0.3) is 33.3 Å². The van der Waals surface area contributed by atoms with Gasteiger partial charge in [0, 0.05) is 11.4 Å². The van der Waals surface area contributed by atoms with Crippen LogP contribution in [-0.4, -0.2) is 16.4 Å². The average molecular weight is 393 g/mol. The number of nitriles is 1. The van der Waals surface area contributed by atoms with Gasteiger partial charge in [-0.3, -0.25) is 4.79 Å². The van der Waals surface area contributed by atoms with Crippen LogP contribution in [0.4, 0.5) is 0 Å². The summed E-state index contributed by atoms with van der Waals surface area (Å²) in [6.45, 7) is -0.0286. The van der Waals surface area contributed by atoms with Crippen molar-refractivity contribution in [3.63, 3.8) is 0 Å². The summed E-state index contributed by atoms with van der Waals surface area (Å²) in [5, 5.41) is 11.5. The second-order valence-electron chi connectivity index (χ2n) is 6.87. The van der Waals surface area contributed by atoms with E-state index in [4.69, 9.17) is 11.5 Å². The smallest absolute Gasteiger partial charge is 0.268 e. The third-order valence-electron chi connectivity index (χ3n) is 4.86. The Kier molecular flexibility index (Phi) is 5.02. The van der Waals surface area contributed by atoms with E-state index in [1.54, 1.807) is 12.1 Å². The van der Waals surface area contributed by atoms with Gasteiger partial charge in [0.05, 0.1) is 11.6 Å². The van der Waals surface area contributed by atoms with Gasteiger partial charge < -0.3 is 16.0 Å². The van der Waals surface area contributed by atoms with E-state index >= 15 is 0 Å². The first kappa shape index (κ1) is 19.0. The zero-order valence-electron chi connectivity index (χ0n) is 16.1. The molecule has 4 aromatic rings. The first-order chi connectivity index (χ1) is 14.5. The molecule has 0 unspecified atom stereocenters. The SMILES string of the molecule is N#Cc1cccc(-c2ccc(-c3ccc4ccccc4c3)n2CC(=O)N=C(N)N)c1. The summed E-state index contributed by atoms with van der Waals surface area (Å²) in [5.74, 6) is -0.724. The highest BCUT2D eigenvalue weighted by atomic mass is 16.1. The van der Waals surface area contributed by atoms with Crippen molar-refractivity contribution in [1.29, 1.82) is 5.26 Å². The molecule has 3 aromatic carbocycles. The maximum absolute atomic E-state index is 12.4. The summed E-state index contributed by atoms with van der Waals surface area (Å²) in [6.07, 6.45) is 0. The zero-order valence-corrected chi connectivity index (χ0v) is 16.1. The number of carbonyl (C=O) groups is 1. The van der Waals surface area contributed by atoms with E-state index in [1.807, 2.05) is 53.1 Å². The normalized spacial score (nSPS) is 10.5. The first-order valence-corrected chi connectivity index (χ1v) is 9.37. The second kappa shape index (κ2) is 7.94. The zero-order chi connectivity index (χ0) is 21.1. The molecular weight excluding hydrogens is 374 g/mol. The van der Waals surface area contributed by atoms with Gasteiger partial charge in [0.2, 0.25) is 0 Å². The Hall–Kier alpha value is -4.37. The summed E-state index contributed by atoms with van der Waals surface area (Å²) in [5.41, 5.74) is 14.8. The number of fused-ring (bicyclic) bond motifs is 1. The lowest BCUT2D eigenvalue weighted by Gasteiger charge is -2.13. The van der Waals surface area contributed by atoms with E-state index < -0.39 is 5.91 Å². The minimum Gasteiger partial charge on any atom is -0.370 e. The van der Waals surface area contributed by atoms with Crippen molar-refractivity contribution in [2.45, 2.75) is 6.54 Å². The number of aromatic nitrogens is 1. The number of guanidine groups is 1. The van der Waals surface area contributed by atoms with E-state index in [-0.39, 0.29) is 12.5 Å². The first-order valence-electron chi connectivity index (χ1n) is 9.37. The van der Waals surface area contributed by atoms with Gasteiger partial charge in [0.15, 0.2) is 5.96 Å². The van der Waals surface area contributed by atoms with Gasteiger partial charge in [-0.15, -0.1) is 0 Å². The van der Waals surface area contributed by atoms with Gasteiger partial charge in [-0.25, -0.2) is 0 Å². The number of amides is 1. The molecule has 1 amide bonds. The van der Waals surface area contributed by atoms with Gasteiger partial charge in [0.1, 0.15) is 6.54 Å². The monoisotopic (exact) mass is 393 g/mol. The van der Waals surface area contributed by atoms with Crippen LogP contribution in [-0.2, 0) is 11.3 Å². The minimum atomic E-state index is -0.453. The van der Waals surface area contributed by atoms with Crippen LogP contribution >= 0.6 is 0 Å². The van der Waals surface area contributed by atoms with E-state index in [1.165, 1.54) is 0 Å². The largest absolute Gasteiger partial charge is 0.370 e. The summed E-state index contributed by atoms with van der Waals surface area (Å²) < 4.78 is 1.87. The third-order valence-corrected chi connectivity index (χ3v) is 4.86. The van der Waals surface area contributed by atoms with E-state index in [0.29, 0.717) is 5.56 Å². The molecule has 0 fully saturated rings. The number of aliphatic imine (C=N–C) groups is 1. The van der Waals surface area contributed by atoms with Crippen LogP contribution in [0, 0.1) is 11.3 Å². The Labute approximate surface area is 173 Å². The van der Waals surface area contributed by atoms with Crippen LogP contribution in [0.15, 0.2) is 83.9 Å². The fourth-order valence-corrected chi connectivity index (χ4v) is 3.55. The molecule has 0 radical (unpaired) electrons. The van der Waals surface area contributed by atoms with Crippen molar-refractivity contribution >= 4 is 22.6 Å². The average Bonchev–Trinajstić information content (AvgIpc) is 3.16. The standard InChI is InChI=1S/C24H19N5O/c25-14-16-4-3-7-19(12-16)21-10-11-22(29(21)15-23(30)28-24(26)27)20-9-8-17-5-1-2-6-18(17)13-20/h1-13H,15H2,(H4,26,27,28,30). The van der Waals surface area contributed by atoms with Gasteiger partial charge in [0.25, 0.3) is 5.91 Å². The van der Waals surface area contributed by atoms with E-state index in [9.17, 15) is 10.1 Å². The van der Waals surface area contributed by atoms with Crippen molar-refractivity contribution in [3.8, 4) is 28.6 Å². The molecule has 0 aliphatic carbocycles. The molecule has 146 valence electrons. The molecule has 0 bridgehead atoms. The molecule has 6 nitrogen and oxygen atoms in total. The van der Waals surface area contributed by atoms with Crippen molar-refractivity contribution < 1.29 is 4.79 Å². The molecular formula is C24H19N5O. The summed E-state index contributed by atoms with van der Waals surface area (Å²) in [6, 6.07) is 27.6. The molecule has 0 saturated heterocycles. The molecule has 1 heterocycles. The molecule has 30 heavy (non-hydrogen) atoms. The van der Waals surface area contributed by atoms with Crippen LogP contribution in [0.5, 0.6) is 0 Å². The lowest BCUT2D eigenvalue weighted by atomic mass is 10.1. The molecule has 6 heteroatoms. The van der Waals surface area contributed by atoms with Crippen molar-refractivity contribution in [2.75, 3.05) is 0 Å². The highest BCUT2D eigenvalue weighted by molar-refractivity contribution is 5.92. The number of nitrogens with zero attached hydrogens (tertiary/aromatic N) is 3. The fourth-order valence-electron chi connectivity index (χ4n) is 3.55. The molecule has 1 aromatic heterocycles. The number of rotatable bonds is 4. The predicted molar refractivity (Wildman–Crippen MR) is 118 cm³/mol. The van der Waals surface area contributed by atoms with Gasteiger partial charge in [-0.1, -0.05) is 48.5 Å². The second-order valence-corrected chi connectivity index (χ2v) is 6.87. The third kappa shape index (κ3) is 3.77. The lowest BCUT2D eigenvalue weighted by Crippen LogP contribution is -2.25. The Morgan fingerprint density at radius 3 is 2.27 bits per heavy atom. The van der Waals surface area contributed by atoms with Crippen LogP contribution in [0.1, 0.15) is 5.56 Å². The Bertz CT molecular complexity index is 1320.